The van der Waals surface area contributed by atoms with Gasteiger partial charge in [0.1, 0.15) is 5.82 Å². The highest BCUT2D eigenvalue weighted by Crippen LogP contribution is 2.26. The van der Waals surface area contributed by atoms with Crippen molar-refractivity contribution < 1.29 is 26.0 Å². The molecule has 8 nitrogen and oxygen atoms in total. The second-order valence-electron chi connectivity index (χ2n) is 8.27. The third kappa shape index (κ3) is 5.30. The average Bonchev–Trinajstić information content (AvgIpc) is 3.15. The van der Waals surface area contributed by atoms with Crippen LogP contribution >= 0.6 is 11.3 Å². The van der Waals surface area contributed by atoms with Crippen molar-refractivity contribution in [3.8, 4) is 0 Å². The Kier molecular flexibility index (Phi) is 7.09. The lowest BCUT2D eigenvalue weighted by atomic mass is 9.98. The number of carbonyl (C=O) groups excluding carboxylic acids is 1. The van der Waals surface area contributed by atoms with Gasteiger partial charge in [-0.3, -0.25) is 4.79 Å². The fourth-order valence-corrected chi connectivity index (χ4v) is 7.23. The molecule has 35 heavy (non-hydrogen) atoms. The molecule has 0 bridgehead atoms. The second-order valence-corrected chi connectivity index (χ2v) is 13.2. The molecule has 2 aromatic carbocycles. The van der Waals surface area contributed by atoms with Gasteiger partial charge in [-0.25, -0.2) is 21.2 Å². The van der Waals surface area contributed by atoms with Gasteiger partial charge in [0.25, 0.3) is 5.91 Å². The quantitative estimate of drug-likeness (QED) is 0.450. The molecule has 2 heterocycles. The van der Waals surface area contributed by atoms with Crippen LogP contribution in [0.25, 0.3) is 10.2 Å². The Morgan fingerprint density at radius 1 is 1.11 bits per heavy atom. The third-order valence-electron chi connectivity index (χ3n) is 5.85. The van der Waals surface area contributed by atoms with E-state index < -0.39 is 31.6 Å². The van der Waals surface area contributed by atoms with Gasteiger partial charge in [-0.15, -0.1) is 6.58 Å². The molecule has 1 fully saturated rings. The average molecular weight is 538 g/mol. The van der Waals surface area contributed by atoms with Crippen molar-refractivity contribution >= 4 is 47.3 Å². The molecular formula is C23H24FN3O5S3. The number of fused-ring (bicyclic) bond motifs is 1. The molecule has 4 rings (SSSR count). The number of allylic oxidation sites excluding steroid dienone is 1. The number of carbonyl (C=O) groups is 1. The zero-order chi connectivity index (χ0) is 25.4. The summed E-state index contributed by atoms with van der Waals surface area (Å²) in [5.41, 5.74) is 0.745. The molecule has 1 saturated heterocycles. The van der Waals surface area contributed by atoms with Crippen LogP contribution in [0.3, 0.4) is 0 Å². The van der Waals surface area contributed by atoms with Crippen molar-refractivity contribution in [2.45, 2.75) is 29.2 Å². The molecular weight excluding hydrogens is 513 g/mol. The Balaban J connectivity index is 1.56. The Labute approximate surface area is 207 Å². The van der Waals surface area contributed by atoms with Crippen LogP contribution in [0, 0.1) is 11.7 Å². The molecule has 0 saturated carbocycles. The molecule has 0 aliphatic carbocycles. The molecule has 1 aliphatic heterocycles. The highest BCUT2D eigenvalue weighted by molar-refractivity contribution is 7.90. The zero-order valence-electron chi connectivity index (χ0n) is 18.9. The Hall–Kier alpha value is -2.67. The molecule has 1 aromatic heterocycles. The molecule has 3 aromatic rings. The van der Waals surface area contributed by atoms with Crippen molar-refractivity contribution in [2.75, 3.05) is 19.3 Å². The minimum atomic E-state index is -3.77. The first-order valence-electron chi connectivity index (χ1n) is 10.8. The Bertz CT molecular complexity index is 1560. The third-order valence-corrected chi connectivity index (χ3v) is 9.92. The number of hydrogen-bond donors (Lipinski definition) is 0. The summed E-state index contributed by atoms with van der Waals surface area (Å²) >= 11 is 1.22. The van der Waals surface area contributed by atoms with Gasteiger partial charge in [-0.2, -0.15) is 9.30 Å². The van der Waals surface area contributed by atoms with E-state index in [1.165, 1.54) is 33.8 Å². The van der Waals surface area contributed by atoms with Crippen LogP contribution in [0.4, 0.5) is 4.39 Å². The van der Waals surface area contributed by atoms with Crippen LogP contribution in [-0.2, 0) is 31.2 Å². The molecule has 12 heteroatoms. The van der Waals surface area contributed by atoms with Crippen molar-refractivity contribution in [1.29, 1.82) is 0 Å². The van der Waals surface area contributed by atoms with E-state index in [1.54, 1.807) is 22.8 Å². The Morgan fingerprint density at radius 2 is 1.74 bits per heavy atom. The summed E-state index contributed by atoms with van der Waals surface area (Å²) in [7, 11) is -7.15. The maximum Gasteiger partial charge on any atom is 0.251 e. The second kappa shape index (κ2) is 9.76. The van der Waals surface area contributed by atoms with E-state index in [9.17, 15) is 26.0 Å². The van der Waals surface area contributed by atoms with E-state index in [0.29, 0.717) is 28.9 Å². The van der Waals surface area contributed by atoms with Gasteiger partial charge in [0.15, 0.2) is 14.6 Å². The van der Waals surface area contributed by atoms with E-state index in [-0.39, 0.29) is 28.8 Å². The number of thiazole rings is 1. The van der Waals surface area contributed by atoms with E-state index >= 15 is 0 Å². The minimum Gasteiger partial charge on any atom is -0.313 e. The topological polar surface area (TPSA) is 106 Å². The molecule has 1 aliphatic rings. The van der Waals surface area contributed by atoms with E-state index in [4.69, 9.17) is 0 Å². The van der Waals surface area contributed by atoms with Crippen LogP contribution < -0.4 is 4.80 Å². The van der Waals surface area contributed by atoms with E-state index in [0.717, 1.165) is 23.9 Å². The molecule has 0 unspecified atom stereocenters. The van der Waals surface area contributed by atoms with Crippen LogP contribution in [0.5, 0.6) is 0 Å². The normalized spacial score (nSPS) is 16.6. The summed E-state index contributed by atoms with van der Waals surface area (Å²) in [6.07, 6.45) is 3.43. The molecule has 186 valence electrons. The lowest BCUT2D eigenvalue weighted by molar-refractivity contribution is -0.122. The first kappa shape index (κ1) is 25.4. The van der Waals surface area contributed by atoms with Crippen molar-refractivity contribution in [1.82, 2.24) is 8.87 Å². The lowest BCUT2D eigenvalue weighted by Crippen LogP contribution is -2.40. The van der Waals surface area contributed by atoms with Crippen molar-refractivity contribution in [2.24, 2.45) is 10.9 Å². The van der Waals surface area contributed by atoms with Crippen LogP contribution in [0.15, 0.2) is 69.9 Å². The van der Waals surface area contributed by atoms with Gasteiger partial charge in [0, 0.05) is 31.8 Å². The van der Waals surface area contributed by atoms with E-state index in [1.807, 2.05) is 0 Å². The first-order chi connectivity index (χ1) is 16.5. The summed E-state index contributed by atoms with van der Waals surface area (Å²) in [5.74, 6) is -1.31. The van der Waals surface area contributed by atoms with Crippen LogP contribution in [-0.4, -0.2) is 51.0 Å². The Morgan fingerprint density at radius 3 is 2.34 bits per heavy atom. The number of hydrogen-bond acceptors (Lipinski definition) is 6. The fraction of sp³-hybridized carbons (Fsp3) is 0.304. The van der Waals surface area contributed by atoms with Gasteiger partial charge in [0.2, 0.25) is 10.0 Å². The summed E-state index contributed by atoms with van der Waals surface area (Å²) in [6, 6.07) is 9.44. The lowest BCUT2D eigenvalue weighted by Gasteiger charge is -2.29. The number of halogens is 1. The van der Waals surface area contributed by atoms with Crippen molar-refractivity contribution in [3.05, 3.63) is 65.7 Å². The predicted octanol–water partition coefficient (Wildman–Crippen LogP) is 2.96. The van der Waals surface area contributed by atoms with Gasteiger partial charge < -0.3 is 4.57 Å². The smallest absolute Gasteiger partial charge is 0.251 e. The fourth-order valence-electron chi connectivity index (χ4n) is 3.96. The predicted molar refractivity (Wildman–Crippen MR) is 132 cm³/mol. The molecule has 0 N–H and O–H groups in total. The van der Waals surface area contributed by atoms with Gasteiger partial charge in [-0.1, -0.05) is 17.4 Å². The standard InChI is InChI=1S/C23H24FN3O5S3/c1-3-12-27-20-9-8-19(34(2,29)30)15-21(20)33-23(27)25-22(28)16-10-13-26(14-11-16)35(31,32)18-6-4-17(24)5-7-18/h3-9,15-16H,1,10-14H2,2H3. The zero-order valence-corrected chi connectivity index (χ0v) is 21.4. The maximum absolute atomic E-state index is 13.2. The highest BCUT2D eigenvalue weighted by Gasteiger charge is 2.32. The van der Waals surface area contributed by atoms with Gasteiger partial charge in [-0.05, 0) is 55.3 Å². The summed E-state index contributed by atoms with van der Waals surface area (Å²) in [4.78, 5) is 17.9. The largest absolute Gasteiger partial charge is 0.313 e. The van der Waals surface area contributed by atoms with E-state index in [2.05, 4.69) is 11.6 Å². The van der Waals surface area contributed by atoms with Crippen molar-refractivity contribution in [3.63, 3.8) is 0 Å². The monoisotopic (exact) mass is 537 g/mol. The number of nitrogens with zero attached hydrogens (tertiary/aromatic N) is 3. The summed E-state index contributed by atoms with van der Waals surface area (Å²) in [6.45, 7) is 4.45. The maximum atomic E-state index is 13.2. The molecule has 0 spiro atoms. The molecule has 1 amide bonds. The molecule has 0 atom stereocenters. The first-order valence-corrected chi connectivity index (χ1v) is 14.9. The molecule has 0 radical (unpaired) electrons. The van der Waals surface area contributed by atoms with Gasteiger partial charge in [0.05, 0.1) is 20.0 Å². The number of rotatable bonds is 6. The number of aromatic nitrogens is 1. The number of piperidine rings is 1. The summed E-state index contributed by atoms with van der Waals surface area (Å²) < 4.78 is 66.4. The number of sulfonamides is 1. The van der Waals surface area contributed by atoms with Gasteiger partial charge >= 0.3 is 0 Å². The van der Waals surface area contributed by atoms with Crippen LogP contribution in [0.2, 0.25) is 0 Å². The van der Waals surface area contributed by atoms with Crippen LogP contribution in [0.1, 0.15) is 12.8 Å². The summed E-state index contributed by atoms with van der Waals surface area (Å²) in [5, 5.41) is 0. The number of benzene rings is 2. The number of amides is 1. The number of sulfone groups is 1. The highest BCUT2D eigenvalue weighted by atomic mass is 32.2. The SMILES string of the molecule is C=CCn1c(=NC(=O)C2CCN(S(=O)(=O)c3ccc(F)cc3)CC2)sc2cc(S(C)(=O)=O)ccc21. The minimum absolute atomic E-state index is 0.0116.